The largest absolute Gasteiger partial charge is 0.280 e. The highest BCUT2D eigenvalue weighted by Gasteiger charge is 2.15. The first-order valence-electron chi connectivity index (χ1n) is 8.00. The number of benzene rings is 1. The third kappa shape index (κ3) is 3.35. The van der Waals surface area contributed by atoms with Crippen LogP contribution in [0.25, 0.3) is 10.9 Å². The molecular formula is C17H21N3O2. The van der Waals surface area contributed by atoms with Gasteiger partial charge in [-0.25, -0.2) is 9.66 Å². The molecule has 1 aliphatic rings. The second-order valence-corrected chi connectivity index (χ2v) is 6.01. The van der Waals surface area contributed by atoms with Gasteiger partial charge in [-0.1, -0.05) is 44.2 Å². The number of carbonyl (C=O) groups is 1. The van der Waals surface area contributed by atoms with Crippen LogP contribution >= 0.6 is 0 Å². The van der Waals surface area contributed by atoms with E-state index in [1.165, 1.54) is 43.1 Å². The lowest BCUT2D eigenvalue weighted by atomic mass is 9.86. The van der Waals surface area contributed by atoms with Crippen molar-refractivity contribution in [3.8, 4) is 0 Å². The molecular weight excluding hydrogens is 278 g/mol. The Morgan fingerprint density at radius 3 is 2.82 bits per heavy atom. The van der Waals surface area contributed by atoms with E-state index in [1.807, 2.05) is 6.07 Å². The number of amides is 1. The van der Waals surface area contributed by atoms with Crippen LogP contribution in [0.3, 0.4) is 0 Å². The first kappa shape index (κ1) is 14.8. The normalized spacial score (nSPS) is 15.8. The molecule has 3 rings (SSSR count). The van der Waals surface area contributed by atoms with Gasteiger partial charge in [-0.15, -0.1) is 0 Å². The van der Waals surface area contributed by atoms with Gasteiger partial charge in [-0.2, -0.15) is 0 Å². The Hall–Kier alpha value is -2.17. The molecule has 0 atom stereocenters. The summed E-state index contributed by atoms with van der Waals surface area (Å²) in [5.74, 6) is 0.538. The lowest BCUT2D eigenvalue weighted by molar-refractivity contribution is -0.117. The minimum Gasteiger partial charge on any atom is -0.273 e. The molecule has 0 unspecified atom stereocenters. The molecule has 0 aliphatic heterocycles. The van der Waals surface area contributed by atoms with E-state index in [2.05, 4.69) is 10.4 Å². The molecule has 1 aliphatic carbocycles. The fourth-order valence-corrected chi connectivity index (χ4v) is 3.15. The van der Waals surface area contributed by atoms with Crippen molar-refractivity contribution >= 4 is 16.8 Å². The Morgan fingerprint density at radius 2 is 2.00 bits per heavy atom. The number of hydrogen-bond acceptors (Lipinski definition) is 3. The van der Waals surface area contributed by atoms with Gasteiger partial charge in [-0.3, -0.25) is 15.0 Å². The zero-order valence-corrected chi connectivity index (χ0v) is 12.6. The molecule has 0 radical (unpaired) electrons. The highest BCUT2D eigenvalue weighted by Crippen LogP contribution is 2.27. The van der Waals surface area contributed by atoms with Gasteiger partial charge in [0.15, 0.2) is 0 Å². The number of nitrogens with one attached hydrogen (secondary N) is 1. The standard InChI is InChI=1S/C17H21N3O2/c21-16(11-10-13-6-2-1-3-7-13)19-20-12-18-15-9-5-4-8-14(15)17(20)22/h4-5,8-9,12-13H,1-3,6-7,10-11H2,(H,19,21). The molecule has 0 saturated heterocycles. The van der Waals surface area contributed by atoms with E-state index in [9.17, 15) is 9.59 Å². The summed E-state index contributed by atoms with van der Waals surface area (Å²) in [4.78, 5) is 28.5. The van der Waals surface area contributed by atoms with Crippen molar-refractivity contribution in [3.63, 3.8) is 0 Å². The van der Waals surface area contributed by atoms with Crippen LogP contribution in [0.15, 0.2) is 35.4 Å². The van der Waals surface area contributed by atoms with Crippen LogP contribution in [-0.2, 0) is 4.79 Å². The Kier molecular flexibility index (Phi) is 4.51. The molecule has 1 fully saturated rings. The van der Waals surface area contributed by atoms with Crippen molar-refractivity contribution in [2.75, 3.05) is 5.43 Å². The van der Waals surface area contributed by atoms with Gasteiger partial charge in [-0.05, 0) is 24.5 Å². The SMILES string of the molecule is O=C(CCC1CCCCC1)Nn1cnc2ccccc2c1=O. The lowest BCUT2D eigenvalue weighted by Gasteiger charge is -2.21. The fraction of sp³-hybridized carbons (Fsp3) is 0.471. The van der Waals surface area contributed by atoms with Crippen molar-refractivity contribution in [1.29, 1.82) is 0 Å². The number of carbonyl (C=O) groups excluding carboxylic acids is 1. The van der Waals surface area contributed by atoms with Crippen molar-refractivity contribution < 1.29 is 4.79 Å². The Bertz CT molecular complexity index is 717. The van der Waals surface area contributed by atoms with Crippen LogP contribution in [0, 0.1) is 5.92 Å². The van der Waals surface area contributed by atoms with Gasteiger partial charge < -0.3 is 0 Å². The summed E-state index contributed by atoms with van der Waals surface area (Å²) in [6.07, 6.45) is 9.08. The molecule has 1 aromatic heterocycles. The highest BCUT2D eigenvalue weighted by molar-refractivity contribution is 5.84. The minimum absolute atomic E-state index is 0.121. The monoisotopic (exact) mass is 299 g/mol. The molecule has 1 saturated carbocycles. The molecule has 0 bridgehead atoms. The summed E-state index contributed by atoms with van der Waals surface area (Å²) in [6.45, 7) is 0. The third-order valence-electron chi connectivity index (χ3n) is 4.42. The lowest BCUT2D eigenvalue weighted by Crippen LogP contribution is -2.33. The number of fused-ring (bicyclic) bond motifs is 1. The van der Waals surface area contributed by atoms with Crippen LogP contribution in [0.2, 0.25) is 0 Å². The fourth-order valence-electron chi connectivity index (χ4n) is 3.15. The Morgan fingerprint density at radius 1 is 1.23 bits per heavy atom. The molecule has 5 heteroatoms. The number of nitrogens with zero attached hydrogens (tertiary/aromatic N) is 2. The van der Waals surface area contributed by atoms with Crippen LogP contribution < -0.4 is 11.0 Å². The summed E-state index contributed by atoms with van der Waals surface area (Å²) >= 11 is 0. The second kappa shape index (κ2) is 6.73. The first-order chi connectivity index (χ1) is 10.7. The maximum atomic E-state index is 12.3. The maximum absolute atomic E-state index is 12.3. The van der Waals surface area contributed by atoms with Gasteiger partial charge in [0.1, 0.15) is 6.33 Å². The zero-order valence-electron chi connectivity index (χ0n) is 12.6. The predicted octanol–water partition coefficient (Wildman–Crippen LogP) is 2.83. The van der Waals surface area contributed by atoms with Gasteiger partial charge in [0.2, 0.25) is 5.91 Å². The quantitative estimate of drug-likeness (QED) is 0.944. The number of aromatic nitrogens is 2. The van der Waals surface area contributed by atoms with Crippen molar-refractivity contribution in [1.82, 2.24) is 9.66 Å². The van der Waals surface area contributed by atoms with Crippen molar-refractivity contribution in [2.24, 2.45) is 5.92 Å². The van der Waals surface area contributed by atoms with Gasteiger partial charge >= 0.3 is 0 Å². The average molecular weight is 299 g/mol. The molecule has 22 heavy (non-hydrogen) atoms. The highest BCUT2D eigenvalue weighted by atomic mass is 16.2. The summed E-state index contributed by atoms with van der Waals surface area (Å²) in [7, 11) is 0. The van der Waals surface area contributed by atoms with Gasteiger partial charge in [0.25, 0.3) is 5.56 Å². The molecule has 1 heterocycles. The van der Waals surface area contributed by atoms with Crippen LogP contribution in [0.1, 0.15) is 44.9 Å². The molecule has 1 amide bonds. The van der Waals surface area contributed by atoms with E-state index in [0.29, 0.717) is 23.2 Å². The summed E-state index contributed by atoms with van der Waals surface area (Å²) in [5, 5.41) is 0.512. The summed E-state index contributed by atoms with van der Waals surface area (Å²) in [6, 6.07) is 7.13. The second-order valence-electron chi connectivity index (χ2n) is 6.01. The van der Waals surface area contributed by atoms with Crippen LogP contribution in [0.5, 0.6) is 0 Å². The van der Waals surface area contributed by atoms with E-state index in [1.54, 1.807) is 18.2 Å². The maximum Gasteiger partial charge on any atom is 0.280 e. The molecule has 1 aromatic carbocycles. The number of para-hydroxylation sites is 1. The Labute approximate surface area is 129 Å². The molecule has 0 spiro atoms. The smallest absolute Gasteiger partial charge is 0.273 e. The van der Waals surface area contributed by atoms with Gasteiger partial charge in [0.05, 0.1) is 10.9 Å². The van der Waals surface area contributed by atoms with E-state index >= 15 is 0 Å². The predicted molar refractivity (Wildman–Crippen MR) is 86.2 cm³/mol. The van der Waals surface area contributed by atoms with E-state index in [0.717, 1.165) is 6.42 Å². The number of rotatable bonds is 4. The molecule has 5 nitrogen and oxygen atoms in total. The van der Waals surface area contributed by atoms with Crippen LogP contribution in [0.4, 0.5) is 0 Å². The first-order valence-corrected chi connectivity index (χ1v) is 8.00. The third-order valence-corrected chi connectivity index (χ3v) is 4.42. The van der Waals surface area contributed by atoms with E-state index in [4.69, 9.17) is 0 Å². The summed E-state index contributed by atoms with van der Waals surface area (Å²) < 4.78 is 1.19. The average Bonchev–Trinajstić information content (AvgIpc) is 2.57. The van der Waals surface area contributed by atoms with Crippen molar-refractivity contribution in [2.45, 2.75) is 44.9 Å². The van der Waals surface area contributed by atoms with Crippen molar-refractivity contribution in [3.05, 3.63) is 40.9 Å². The zero-order chi connectivity index (χ0) is 15.4. The topological polar surface area (TPSA) is 64.0 Å². The Balaban J connectivity index is 1.63. The molecule has 116 valence electrons. The van der Waals surface area contributed by atoms with Gasteiger partial charge in [0, 0.05) is 6.42 Å². The molecule has 2 aromatic rings. The summed E-state index contributed by atoms with van der Waals surface area (Å²) in [5.41, 5.74) is 3.04. The van der Waals surface area contributed by atoms with E-state index < -0.39 is 0 Å². The minimum atomic E-state index is -0.239. The molecule has 1 N–H and O–H groups in total. The number of hydrogen-bond donors (Lipinski definition) is 1. The van der Waals surface area contributed by atoms with Crippen LogP contribution in [-0.4, -0.2) is 15.6 Å². The van der Waals surface area contributed by atoms with E-state index in [-0.39, 0.29) is 11.5 Å².